The molecule has 2 aromatic carbocycles. The fourth-order valence-electron chi connectivity index (χ4n) is 2.94. The number of aromatic nitrogens is 2. The normalized spacial score (nSPS) is 14.3. The number of nitrogens with zero attached hydrogens (tertiary/aromatic N) is 2. The van der Waals surface area contributed by atoms with Crippen molar-refractivity contribution < 1.29 is 9.90 Å². The molecule has 0 atom stereocenters. The summed E-state index contributed by atoms with van der Waals surface area (Å²) in [6, 6.07) is 12.9. The molecule has 4 rings (SSSR count). The van der Waals surface area contributed by atoms with Crippen molar-refractivity contribution in [2.45, 2.75) is 25.3 Å². The Balaban J connectivity index is 1.77. The summed E-state index contributed by atoms with van der Waals surface area (Å²) in [7, 11) is 0. The molecule has 3 N–H and O–H groups in total. The van der Waals surface area contributed by atoms with Crippen LogP contribution in [0.2, 0.25) is 0 Å². The zero-order valence-corrected chi connectivity index (χ0v) is 12.6. The Labute approximate surface area is 133 Å². The third kappa shape index (κ3) is 2.44. The molecule has 1 heterocycles. The second-order valence-electron chi connectivity index (χ2n) is 6.05. The van der Waals surface area contributed by atoms with Crippen LogP contribution in [0.15, 0.2) is 42.5 Å². The average Bonchev–Trinajstić information content (AvgIpc) is 3.32. The van der Waals surface area contributed by atoms with Gasteiger partial charge in [-0.25, -0.2) is 9.78 Å². The number of aromatic carboxylic acids is 1. The van der Waals surface area contributed by atoms with Crippen molar-refractivity contribution in [3.05, 3.63) is 59.4 Å². The lowest BCUT2D eigenvalue weighted by atomic mass is 10.1. The smallest absolute Gasteiger partial charge is 0.335 e. The van der Waals surface area contributed by atoms with Crippen LogP contribution in [0.5, 0.6) is 0 Å². The standard InChI is InChI=1S/C18H17N3O2/c19-14-2-1-3-15-16(14)20-17(12-8-9-12)21(15)10-11-4-6-13(7-5-11)18(22)23/h1-7,12H,8-10,19H2,(H,22,23). The third-order valence-corrected chi connectivity index (χ3v) is 4.32. The molecule has 1 aliphatic carbocycles. The highest BCUT2D eigenvalue weighted by molar-refractivity contribution is 5.88. The summed E-state index contributed by atoms with van der Waals surface area (Å²) in [5.41, 5.74) is 10.0. The van der Waals surface area contributed by atoms with E-state index in [1.807, 2.05) is 30.3 Å². The number of anilines is 1. The average molecular weight is 307 g/mol. The van der Waals surface area contributed by atoms with Gasteiger partial charge < -0.3 is 15.4 Å². The molecule has 0 aliphatic heterocycles. The molecule has 23 heavy (non-hydrogen) atoms. The minimum Gasteiger partial charge on any atom is -0.478 e. The number of carboxylic acids is 1. The van der Waals surface area contributed by atoms with E-state index < -0.39 is 5.97 Å². The molecule has 0 bridgehead atoms. The zero-order chi connectivity index (χ0) is 16.0. The Bertz CT molecular complexity index is 893. The van der Waals surface area contributed by atoms with Crippen molar-refractivity contribution in [2.24, 2.45) is 0 Å². The van der Waals surface area contributed by atoms with Crippen molar-refractivity contribution in [1.82, 2.24) is 9.55 Å². The summed E-state index contributed by atoms with van der Waals surface area (Å²) in [4.78, 5) is 15.7. The number of para-hydroxylation sites is 1. The Morgan fingerprint density at radius 1 is 1.22 bits per heavy atom. The van der Waals surface area contributed by atoms with Gasteiger partial charge in [0.25, 0.3) is 0 Å². The summed E-state index contributed by atoms with van der Waals surface area (Å²) in [6.07, 6.45) is 2.34. The first kappa shape index (κ1) is 13.8. The van der Waals surface area contributed by atoms with E-state index in [4.69, 9.17) is 15.8 Å². The molecule has 0 unspecified atom stereocenters. The van der Waals surface area contributed by atoms with Crippen LogP contribution in [-0.4, -0.2) is 20.6 Å². The van der Waals surface area contributed by atoms with Gasteiger partial charge in [0.15, 0.2) is 0 Å². The molecule has 1 aromatic heterocycles. The number of carbonyl (C=O) groups is 1. The first-order chi connectivity index (χ1) is 11.1. The minimum atomic E-state index is -0.906. The molecule has 0 saturated heterocycles. The Morgan fingerprint density at radius 3 is 2.61 bits per heavy atom. The van der Waals surface area contributed by atoms with Gasteiger partial charge in [0, 0.05) is 12.5 Å². The Morgan fingerprint density at radius 2 is 1.96 bits per heavy atom. The topological polar surface area (TPSA) is 81.1 Å². The summed E-state index contributed by atoms with van der Waals surface area (Å²) in [6.45, 7) is 0.672. The summed E-state index contributed by atoms with van der Waals surface area (Å²) in [5.74, 6) is 0.691. The van der Waals surface area contributed by atoms with Crippen LogP contribution < -0.4 is 5.73 Å². The second kappa shape index (κ2) is 5.12. The van der Waals surface area contributed by atoms with E-state index in [2.05, 4.69) is 4.57 Å². The van der Waals surface area contributed by atoms with Crippen molar-refractivity contribution in [1.29, 1.82) is 0 Å². The van der Waals surface area contributed by atoms with Crippen LogP contribution in [0.4, 0.5) is 5.69 Å². The van der Waals surface area contributed by atoms with E-state index in [0.29, 0.717) is 23.7 Å². The van der Waals surface area contributed by atoms with Gasteiger partial charge in [-0.3, -0.25) is 0 Å². The SMILES string of the molecule is Nc1cccc2c1nc(C1CC1)n2Cc1ccc(C(=O)O)cc1. The first-order valence-corrected chi connectivity index (χ1v) is 7.70. The molecule has 0 amide bonds. The zero-order valence-electron chi connectivity index (χ0n) is 12.6. The van der Waals surface area contributed by atoms with Gasteiger partial charge in [-0.2, -0.15) is 0 Å². The molecule has 3 aromatic rings. The van der Waals surface area contributed by atoms with Crippen LogP contribution in [0.3, 0.4) is 0 Å². The lowest BCUT2D eigenvalue weighted by Gasteiger charge is -2.09. The maximum Gasteiger partial charge on any atom is 0.335 e. The fraction of sp³-hybridized carbons (Fsp3) is 0.222. The highest BCUT2D eigenvalue weighted by Gasteiger charge is 2.29. The highest BCUT2D eigenvalue weighted by Crippen LogP contribution is 2.41. The molecule has 1 saturated carbocycles. The van der Waals surface area contributed by atoms with Gasteiger partial charge >= 0.3 is 5.97 Å². The van der Waals surface area contributed by atoms with Crippen molar-refractivity contribution in [2.75, 3.05) is 5.73 Å². The fourth-order valence-corrected chi connectivity index (χ4v) is 2.94. The number of fused-ring (bicyclic) bond motifs is 1. The van der Waals surface area contributed by atoms with E-state index in [1.54, 1.807) is 12.1 Å². The number of nitrogens with two attached hydrogens (primary N) is 1. The Hall–Kier alpha value is -2.82. The van der Waals surface area contributed by atoms with Gasteiger partial charge in [-0.05, 0) is 42.7 Å². The number of hydrogen-bond donors (Lipinski definition) is 2. The maximum absolute atomic E-state index is 11.0. The molecule has 1 aliphatic rings. The van der Waals surface area contributed by atoms with Crippen molar-refractivity contribution >= 4 is 22.7 Å². The van der Waals surface area contributed by atoms with Crippen LogP contribution in [0.25, 0.3) is 11.0 Å². The van der Waals surface area contributed by atoms with Crippen LogP contribution in [0.1, 0.15) is 40.5 Å². The number of hydrogen-bond acceptors (Lipinski definition) is 3. The lowest BCUT2D eigenvalue weighted by Crippen LogP contribution is -2.05. The molecule has 116 valence electrons. The Kier molecular flexibility index (Phi) is 3.08. The highest BCUT2D eigenvalue weighted by atomic mass is 16.4. The largest absolute Gasteiger partial charge is 0.478 e. The summed E-state index contributed by atoms with van der Waals surface area (Å²) in [5, 5.41) is 9.00. The predicted octanol–water partition coefficient (Wildman–Crippen LogP) is 3.24. The minimum absolute atomic E-state index is 0.302. The molecule has 0 spiro atoms. The van der Waals surface area contributed by atoms with E-state index in [-0.39, 0.29) is 0 Å². The molecule has 5 heteroatoms. The number of nitrogen functional groups attached to an aromatic ring is 1. The van der Waals surface area contributed by atoms with E-state index in [9.17, 15) is 4.79 Å². The molecular weight excluding hydrogens is 290 g/mol. The van der Waals surface area contributed by atoms with Crippen molar-refractivity contribution in [3.8, 4) is 0 Å². The molecule has 0 radical (unpaired) electrons. The summed E-state index contributed by atoms with van der Waals surface area (Å²) < 4.78 is 2.21. The van der Waals surface area contributed by atoms with E-state index in [0.717, 1.165) is 22.4 Å². The second-order valence-corrected chi connectivity index (χ2v) is 6.05. The molecular formula is C18H17N3O2. The van der Waals surface area contributed by atoms with Gasteiger partial charge in [-0.1, -0.05) is 18.2 Å². The molecule has 1 fully saturated rings. The van der Waals surface area contributed by atoms with Gasteiger partial charge in [0.05, 0.1) is 16.8 Å². The van der Waals surface area contributed by atoms with E-state index in [1.165, 1.54) is 12.8 Å². The first-order valence-electron chi connectivity index (χ1n) is 7.70. The van der Waals surface area contributed by atoms with Crippen LogP contribution >= 0.6 is 0 Å². The van der Waals surface area contributed by atoms with E-state index >= 15 is 0 Å². The number of imidazole rings is 1. The number of carboxylic acid groups (broad SMARTS) is 1. The number of rotatable bonds is 4. The van der Waals surface area contributed by atoms with Gasteiger partial charge in [0.2, 0.25) is 0 Å². The quantitative estimate of drug-likeness (QED) is 0.725. The van der Waals surface area contributed by atoms with Crippen molar-refractivity contribution in [3.63, 3.8) is 0 Å². The predicted molar refractivity (Wildman–Crippen MR) is 88.6 cm³/mol. The van der Waals surface area contributed by atoms with Crippen LogP contribution in [-0.2, 0) is 6.54 Å². The number of benzene rings is 2. The molecule has 5 nitrogen and oxygen atoms in total. The lowest BCUT2D eigenvalue weighted by molar-refractivity contribution is 0.0697. The monoisotopic (exact) mass is 307 g/mol. The third-order valence-electron chi connectivity index (χ3n) is 4.32. The van der Waals surface area contributed by atoms with Crippen LogP contribution in [0, 0.1) is 0 Å². The summed E-state index contributed by atoms with van der Waals surface area (Å²) >= 11 is 0. The van der Waals surface area contributed by atoms with Gasteiger partial charge in [-0.15, -0.1) is 0 Å². The van der Waals surface area contributed by atoms with Gasteiger partial charge in [0.1, 0.15) is 11.3 Å². The maximum atomic E-state index is 11.0.